The monoisotopic (exact) mass is 477 g/mol. The van der Waals surface area contributed by atoms with Gasteiger partial charge in [0, 0.05) is 39.1 Å². The van der Waals surface area contributed by atoms with E-state index < -0.39 is 0 Å². The van der Waals surface area contributed by atoms with Crippen LogP contribution in [-0.4, -0.2) is 38.7 Å². The summed E-state index contributed by atoms with van der Waals surface area (Å²) in [5, 5.41) is 10.0. The number of anilines is 1. The highest BCUT2D eigenvalue weighted by Gasteiger charge is 2.34. The van der Waals surface area contributed by atoms with Gasteiger partial charge in [-0.15, -0.1) is 0 Å². The van der Waals surface area contributed by atoms with E-state index in [9.17, 15) is 5.11 Å². The minimum Gasteiger partial charge on any atom is -0.508 e. The summed E-state index contributed by atoms with van der Waals surface area (Å²) >= 11 is 0. The second kappa shape index (κ2) is 10.4. The minimum atomic E-state index is -0.241. The number of methoxy groups -OCH3 is 2. The number of fused-ring (bicyclic) bond motifs is 1. The second-order valence-electron chi connectivity index (χ2n) is 9.38. The van der Waals surface area contributed by atoms with Gasteiger partial charge in [0.2, 0.25) is 0 Å². The van der Waals surface area contributed by atoms with Crippen molar-refractivity contribution in [2.24, 2.45) is 5.92 Å². The zero-order chi connectivity index (χ0) is 24.4. The molecule has 2 aliphatic rings. The lowest BCUT2D eigenvalue weighted by atomic mass is 9.79. The molecular weight excluding hydrogens is 445 g/mol. The Labute approximate surface area is 206 Å². The standard InChI is InChI=1S/C29H32FNO4/c1-33-29(34-2)20-12-14-31(15-13-20)26-11-8-21(17-25(26)30)27-24-10-9-23(32)16-22(24)18-35-28(27)19-6-4-3-5-7-19/h3-11,16-17,20,27-29,32H,12-15,18H2,1-2H3/t27-,28-/m0/s1. The van der Waals surface area contributed by atoms with Gasteiger partial charge < -0.3 is 24.2 Å². The predicted molar refractivity (Wildman–Crippen MR) is 133 cm³/mol. The summed E-state index contributed by atoms with van der Waals surface area (Å²) < 4.78 is 32.7. The number of phenolic OH excluding ortho intramolecular Hbond substituents is 1. The second-order valence-corrected chi connectivity index (χ2v) is 9.38. The zero-order valence-electron chi connectivity index (χ0n) is 20.2. The number of halogens is 1. The molecule has 0 unspecified atom stereocenters. The molecule has 2 atom stereocenters. The first-order valence-corrected chi connectivity index (χ1v) is 12.2. The quantitative estimate of drug-likeness (QED) is 0.457. The van der Waals surface area contributed by atoms with Gasteiger partial charge in [-0.25, -0.2) is 4.39 Å². The highest BCUT2D eigenvalue weighted by molar-refractivity contribution is 5.53. The molecule has 35 heavy (non-hydrogen) atoms. The summed E-state index contributed by atoms with van der Waals surface area (Å²) in [6.07, 6.45) is 1.31. The van der Waals surface area contributed by atoms with E-state index in [1.807, 2.05) is 48.5 Å². The van der Waals surface area contributed by atoms with E-state index in [-0.39, 0.29) is 29.9 Å². The van der Waals surface area contributed by atoms with Crippen LogP contribution in [0.1, 0.15) is 47.1 Å². The molecule has 0 amide bonds. The number of aromatic hydroxyl groups is 1. The third-order valence-electron chi connectivity index (χ3n) is 7.37. The number of rotatable bonds is 6. The Kier molecular flexibility index (Phi) is 7.04. The van der Waals surface area contributed by atoms with Crippen molar-refractivity contribution in [1.29, 1.82) is 0 Å². The molecule has 0 saturated carbocycles. The summed E-state index contributed by atoms with van der Waals surface area (Å²) in [7, 11) is 3.33. The number of nitrogens with zero attached hydrogens (tertiary/aromatic N) is 1. The van der Waals surface area contributed by atoms with Crippen LogP contribution in [0.15, 0.2) is 66.7 Å². The van der Waals surface area contributed by atoms with Crippen molar-refractivity contribution in [2.75, 3.05) is 32.2 Å². The van der Waals surface area contributed by atoms with Crippen molar-refractivity contribution in [3.63, 3.8) is 0 Å². The van der Waals surface area contributed by atoms with Crippen LogP contribution in [0.3, 0.4) is 0 Å². The van der Waals surface area contributed by atoms with Gasteiger partial charge in [-0.1, -0.05) is 42.5 Å². The summed E-state index contributed by atoms with van der Waals surface area (Å²) in [5.74, 6) is 0.106. The molecule has 0 aliphatic carbocycles. The molecule has 1 N–H and O–H groups in total. The van der Waals surface area contributed by atoms with Gasteiger partial charge in [-0.2, -0.15) is 0 Å². The van der Waals surface area contributed by atoms with Crippen LogP contribution < -0.4 is 4.90 Å². The number of hydrogen-bond donors (Lipinski definition) is 1. The number of hydrogen-bond acceptors (Lipinski definition) is 5. The fourth-order valence-electron chi connectivity index (χ4n) is 5.61. The van der Waals surface area contributed by atoms with Crippen molar-refractivity contribution in [2.45, 2.75) is 37.8 Å². The van der Waals surface area contributed by atoms with E-state index in [0.717, 1.165) is 48.2 Å². The third kappa shape index (κ3) is 4.79. The van der Waals surface area contributed by atoms with Crippen molar-refractivity contribution in [3.8, 4) is 5.75 Å². The topological polar surface area (TPSA) is 51.2 Å². The maximum Gasteiger partial charge on any atom is 0.159 e. The highest BCUT2D eigenvalue weighted by atomic mass is 19.1. The first-order chi connectivity index (χ1) is 17.1. The number of benzene rings is 3. The van der Waals surface area contributed by atoms with Crippen LogP contribution in [0, 0.1) is 11.7 Å². The minimum absolute atomic E-state index is 0.180. The lowest BCUT2D eigenvalue weighted by Crippen LogP contribution is -2.39. The molecule has 184 valence electrons. The Hall–Kier alpha value is -2.93. The molecule has 0 spiro atoms. The molecule has 5 nitrogen and oxygen atoms in total. The molecule has 1 fully saturated rings. The molecular formula is C29H32FNO4. The van der Waals surface area contributed by atoms with E-state index in [0.29, 0.717) is 18.2 Å². The van der Waals surface area contributed by atoms with E-state index in [1.165, 1.54) is 0 Å². The fourth-order valence-corrected chi connectivity index (χ4v) is 5.61. The van der Waals surface area contributed by atoms with Gasteiger partial charge in [0.15, 0.2) is 6.29 Å². The van der Waals surface area contributed by atoms with Gasteiger partial charge in [-0.05, 0) is 59.4 Å². The molecule has 6 heteroatoms. The smallest absolute Gasteiger partial charge is 0.159 e. The van der Waals surface area contributed by atoms with Crippen LogP contribution in [0.4, 0.5) is 10.1 Å². The lowest BCUT2D eigenvalue weighted by molar-refractivity contribution is -0.141. The molecule has 2 aliphatic heterocycles. The van der Waals surface area contributed by atoms with Crippen LogP contribution in [-0.2, 0) is 20.8 Å². The van der Waals surface area contributed by atoms with Gasteiger partial charge in [0.25, 0.3) is 0 Å². The number of ether oxygens (including phenoxy) is 3. The Balaban J connectivity index is 1.44. The lowest BCUT2D eigenvalue weighted by Gasteiger charge is -2.37. The maximum absolute atomic E-state index is 15.6. The molecule has 0 aromatic heterocycles. The SMILES string of the molecule is COC(OC)C1CCN(c2ccc([C@H]3c4ccc(O)cc4CO[C@H]3c3ccccc3)cc2F)CC1. The third-order valence-corrected chi connectivity index (χ3v) is 7.37. The highest BCUT2D eigenvalue weighted by Crippen LogP contribution is 2.46. The Bertz CT molecular complexity index is 1140. The summed E-state index contributed by atoms with van der Waals surface area (Å²) in [6.45, 7) is 1.91. The molecule has 0 radical (unpaired) electrons. The molecule has 5 rings (SSSR count). The van der Waals surface area contributed by atoms with E-state index >= 15 is 4.39 Å². The largest absolute Gasteiger partial charge is 0.508 e. The summed E-state index contributed by atoms with van der Waals surface area (Å²) in [4.78, 5) is 2.11. The van der Waals surface area contributed by atoms with E-state index in [2.05, 4.69) is 4.90 Å². The van der Waals surface area contributed by atoms with E-state index in [1.54, 1.807) is 32.4 Å². The molecule has 1 saturated heterocycles. The van der Waals surface area contributed by atoms with Gasteiger partial charge in [-0.3, -0.25) is 0 Å². The average Bonchev–Trinajstić information content (AvgIpc) is 2.89. The summed E-state index contributed by atoms with van der Waals surface area (Å²) in [5.41, 5.74) is 4.52. The van der Waals surface area contributed by atoms with Crippen LogP contribution in [0.2, 0.25) is 0 Å². The first-order valence-electron chi connectivity index (χ1n) is 12.2. The normalized spacial score (nSPS) is 20.7. The molecule has 3 aromatic rings. The van der Waals surface area contributed by atoms with Crippen LogP contribution >= 0.6 is 0 Å². The molecule has 3 aromatic carbocycles. The van der Waals surface area contributed by atoms with Crippen LogP contribution in [0.5, 0.6) is 5.75 Å². The number of piperidine rings is 1. The summed E-state index contributed by atoms with van der Waals surface area (Å²) in [6, 6.07) is 21.0. The number of phenols is 1. The maximum atomic E-state index is 15.6. The van der Waals surface area contributed by atoms with Crippen molar-refractivity contribution < 1.29 is 23.7 Å². The van der Waals surface area contributed by atoms with Crippen molar-refractivity contribution in [1.82, 2.24) is 0 Å². The van der Waals surface area contributed by atoms with Gasteiger partial charge >= 0.3 is 0 Å². The Morgan fingerprint density at radius 1 is 0.943 bits per heavy atom. The van der Waals surface area contributed by atoms with Gasteiger partial charge in [0.05, 0.1) is 18.4 Å². The predicted octanol–water partition coefficient (Wildman–Crippen LogP) is 5.77. The average molecular weight is 478 g/mol. The molecule has 0 bridgehead atoms. The van der Waals surface area contributed by atoms with Gasteiger partial charge in [0.1, 0.15) is 11.6 Å². The van der Waals surface area contributed by atoms with Crippen LogP contribution in [0.25, 0.3) is 0 Å². The molecule has 2 heterocycles. The Morgan fingerprint density at radius 3 is 2.37 bits per heavy atom. The first kappa shape index (κ1) is 23.8. The van der Waals surface area contributed by atoms with Crippen molar-refractivity contribution in [3.05, 3.63) is 94.8 Å². The van der Waals surface area contributed by atoms with E-state index in [4.69, 9.17) is 14.2 Å². The fraction of sp³-hybridized carbons (Fsp3) is 0.379. The van der Waals surface area contributed by atoms with Crippen molar-refractivity contribution >= 4 is 5.69 Å². The zero-order valence-corrected chi connectivity index (χ0v) is 20.2. The Morgan fingerprint density at radius 2 is 1.69 bits per heavy atom.